The van der Waals surface area contributed by atoms with Crippen LogP contribution in [0.15, 0.2) is 17.3 Å². The number of aromatic nitrogens is 4. The maximum Gasteiger partial charge on any atom is 0.244 e. The number of hydrogen-bond donors (Lipinski definition) is 2. The first-order valence-electron chi connectivity index (χ1n) is 5.40. The van der Waals surface area contributed by atoms with Gasteiger partial charge in [-0.2, -0.15) is 5.10 Å². The van der Waals surface area contributed by atoms with E-state index in [0.29, 0.717) is 17.2 Å². The average Bonchev–Trinajstić information content (AvgIpc) is 2.86. The molecule has 0 fully saturated rings. The molecular weight excluding hydrogens is 254 g/mol. The van der Waals surface area contributed by atoms with Gasteiger partial charge in [-0.15, -0.1) is 0 Å². The van der Waals surface area contributed by atoms with Crippen molar-refractivity contribution in [3.8, 4) is 0 Å². The molecule has 0 aliphatic heterocycles. The lowest BCUT2D eigenvalue weighted by atomic mass is 10.4. The number of hydrogen-bond acceptors (Lipinski definition) is 4. The number of nitrogens with one attached hydrogen (secondary N) is 2. The fourth-order valence-corrected chi connectivity index (χ4v) is 3.20. The lowest BCUT2D eigenvalue weighted by Crippen LogP contribution is -2.24. The van der Waals surface area contributed by atoms with Gasteiger partial charge in [-0.3, -0.25) is 4.68 Å². The number of aryl methyl sites for hydroxylation is 2. The number of rotatable bonds is 4. The van der Waals surface area contributed by atoms with Crippen LogP contribution < -0.4 is 4.72 Å². The summed E-state index contributed by atoms with van der Waals surface area (Å²) < 4.78 is 28.4. The van der Waals surface area contributed by atoms with Crippen LogP contribution in [0.1, 0.15) is 17.2 Å². The van der Waals surface area contributed by atoms with Crippen LogP contribution in [0.25, 0.3) is 0 Å². The Morgan fingerprint density at radius 2 is 2.17 bits per heavy atom. The number of sulfonamides is 1. The van der Waals surface area contributed by atoms with Crippen LogP contribution in [-0.2, 0) is 23.6 Å². The average molecular weight is 269 g/mol. The predicted octanol–water partition coefficient (Wildman–Crippen LogP) is 0.239. The molecule has 0 spiro atoms. The summed E-state index contributed by atoms with van der Waals surface area (Å²) in [6.07, 6.45) is 3.22. The summed E-state index contributed by atoms with van der Waals surface area (Å²) in [5.41, 5.74) is 1.10. The highest BCUT2D eigenvalue weighted by Gasteiger charge is 2.23. The summed E-state index contributed by atoms with van der Waals surface area (Å²) in [6, 6.07) is 0. The molecule has 0 aliphatic rings. The van der Waals surface area contributed by atoms with Gasteiger partial charge in [0.05, 0.1) is 17.9 Å². The molecule has 7 nitrogen and oxygen atoms in total. The van der Waals surface area contributed by atoms with Crippen molar-refractivity contribution in [2.45, 2.75) is 25.3 Å². The molecule has 98 valence electrons. The predicted molar refractivity (Wildman–Crippen MR) is 65.3 cm³/mol. The molecule has 2 rings (SSSR count). The summed E-state index contributed by atoms with van der Waals surface area (Å²) in [5.74, 6) is 0.567. The van der Waals surface area contributed by atoms with Gasteiger partial charge in [0.25, 0.3) is 0 Å². The number of H-pyrrole nitrogens is 1. The Bertz CT molecular complexity index is 642. The van der Waals surface area contributed by atoms with Gasteiger partial charge in [0.15, 0.2) is 0 Å². The monoisotopic (exact) mass is 269 g/mol. The quantitative estimate of drug-likeness (QED) is 0.831. The summed E-state index contributed by atoms with van der Waals surface area (Å²) in [5, 5.41) is 4.10. The van der Waals surface area contributed by atoms with Gasteiger partial charge in [-0.1, -0.05) is 0 Å². The second-order valence-electron chi connectivity index (χ2n) is 3.98. The summed E-state index contributed by atoms with van der Waals surface area (Å²) >= 11 is 0. The van der Waals surface area contributed by atoms with Gasteiger partial charge in [-0.25, -0.2) is 18.1 Å². The molecule has 0 amide bonds. The van der Waals surface area contributed by atoms with Gasteiger partial charge < -0.3 is 4.98 Å². The van der Waals surface area contributed by atoms with Crippen molar-refractivity contribution in [3.63, 3.8) is 0 Å². The summed E-state index contributed by atoms with van der Waals surface area (Å²) in [6.45, 7) is 3.53. The third kappa shape index (κ3) is 2.29. The van der Waals surface area contributed by atoms with Crippen molar-refractivity contribution < 1.29 is 8.42 Å². The molecule has 0 saturated carbocycles. The minimum atomic E-state index is -3.57. The van der Waals surface area contributed by atoms with Crippen LogP contribution in [0.5, 0.6) is 0 Å². The zero-order valence-corrected chi connectivity index (χ0v) is 11.2. The second-order valence-corrected chi connectivity index (χ2v) is 5.69. The highest BCUT2D eigenvalue weighted by Crippen LogP contribution is 2.18. The summed E-state index contributed by atoms with van der Waals surface area (Å²) in [4.78, 5) is 7.03. The summed E-state index contributed by atoms with van der Waals surface area (Å²) in [7, 11) is -1.85. The van der Waals surface area contributed by atoms with E-state index in [-0.39, 0.29) is 11.4 Å². The maximum atomic E-state index is 12.2. The van der Waals surface area contributed by atoms with E-state index in [1.54, 1.807) is 38.0 Å². The lowest BCUT2D eigenvalue weighted by molar-refractivity contribution is 0.578. The zero-order chi connectivity index (χ0) is 13.3. The Morgan fingerprint density at radius 3 is 2.67 bits per heavy atom. The first-order valence-corrected chi connectivity index (χ1v) is 6.88. The Hall–Kier alpha value is -1.67. The van der Waals surface area contributed by atoms with Crippen molar-refractivity contribution in [2.24, 2.45) is 7.05 Å². The standard InChI is InChI=1S/C10H15N5O2S/c1-7-10(8(2)15(3)14-7)18(16,17)13-6-9-11-4-5-12-9/h4-5,13H,6H2,1-3H3,(H,11,12). The zero-order valence-electron chi connectivity index (χ0n) is 10.4. The molecule has 2 heterocycles. The fourth-order valence-electron chi connectivity index (χ4n) is 1.77. The normalized spacial score (nSPS) is 11.9. The maximum absolute atomic E-state index is 12.2. The molecule has 2 N–H and O–H groups in total. The van der Waals surface area contributed by atoms with Crippen LogP contribution >= 0.6 is 0 Å². The second kappa shape index (κ2) is 4.54. The van der Waals surface area contributed by atoms with E-state index in [1.165, 1.54) is 0 Å². The molecule has 0 saturated heterocycles. The smallest absolute Gasteiger partial charge is 0.244 e. The third-order valence-electron chi connectivity index (χ3n) is 2.70. The topological polar surface area (TPSA) is 92.7 Å². The molecular formula is C10H15N5O2S. The fraction of sp³-hybridized carbons (Fsp3) is 0.400. The Kier molecular flexibility index (Phi) is 3.22. The first kappa shape index (κ1) is 12.8. The van der Waals surface area contributed by atoms with Crippen molar-refractivity contribution in [1.29, 1.82) is 0 Å². The van der Waals surface area contributed by atoms with E-state index < -0.39 is 10.0 Å². The van der Waals surface area contributed by atoms with Gasteiger partial charge in [0.2, 0.25) is 10.0 Å². The largest absolute Gasteiger partial charge is 0.347 e. The van der Waals surface area contributed by atoms with Crippen LogP contribution in [0.2, 0.25) is 0 Å². The molecule has 0 bridgehead atoms. The van der Waals surface area contributed by atoms with Gasteiger partial charge >= 0.3 is 0 Å². The van der Waals surface area contributed by atoms with Gasteiger partial charge in [-0.05, 0) is 13.8 Å². The van der Waals surface area contributed by atoms with E-state index in [0.717, 1.165) is 0 Å². The molecule has 0 radical (unpaired) electrons. The van der Waals surface area contributed by atoms with Gasteiger partial charge in [0, 0.05) is 19.4 Å². The van der Waals surface area contributed by atoms with E-state index >= 15 is 0 Å². The minimum Gasteiger partial charge on any atom is -0.347 e. The minimum absolute atomic E-state index is 0.128. The third-order valence-corrected chi connectivity index (χ3v) is 4.35. The van der Waals surface area contributed by atoms with Crippen molar-refractivity contribution >= 4 is 10.0 Å². The number of nitrogens with zero attached hydrogens (tertiary/aromatic N) is 3. The van der Waals surface area contributed by atoms with Crippen LogP contribution in [0, 0.1) is 13.8 Å². The van der Waals surface area contributed by atoms with E-state index in [2.05, 4.69) is 19.8 Å². The van der Waals surface area contributed by atoms with E-state index in [1.807, 2.05) is 0 Å². The molecule has 0 atom stereocenters. The molecule has 2 aromatic heterocycles. The molecule has 8 heteroatoms. The van der Waals surface area contributed by atoms with Crippen molar-refractivity contribution in [1.82, 2.24) is 24.5 Å². The van der Waals surface area contributed by atoms with Gasteiger partial charge in [0.1, 0.15) is 10.7 Å². The van der Waals surface area contributed by atoms with Crippen LogP contribution in [0.4, 0.5) is 0 Å². The van der Waals surface area contributed by atoms with Crippen LogP contribution in [0.3, 0.4) is 0 Å². The molecule has 0 aromatic carbocycles. The number of aromatic amines is 1. The van der Waals surface area contributed by atoms with E-state index in [9.17, 15) is 8.42 Å². The highest BCUT2D eigenvalue weighted by atomic mass is 32.2. The SMILES string of the molecule is Cc1nn(C)c(C)c1S(=O)(=O)NCc1ncc[nH]1. The molecule has 0 aliphatic carbocycles. The van der Waals surface area contributed by atoms with E-state index in [4.69, 9.17) is 0 Å². The van der Waals surface area contributed by atoms with Crippen LogP contribution in [-0.4, -0.2) is 28.2 Å². The Morgan fingerprint density at radius 1 is 1.44 bits per heavy atom. The highest BCUT2D eigenvalue weighted by molar-refractivity contribution is 7.89. The van der Waals surface area contributed by atoms with Crippen molar-refractivity contribution in [2.75, 3.05) is 0 Å². The Balaban J connectivity index is 2.26. The molecule has 18 heavy (non-hydrogen) atoms. The Labute approximate surface area is 105 Å². The van der Waals surface area contributed by atoms with Crippen molar-refractivity contribution in [3.05, 3.63) is 29.6 Å². The molecule has 0 unspecified atom stereocenters. The molecule has 2 aromatic rings. The lowest BCUT2D eigenvalue weighted by Gasteiger charge is -2.05. The number of imidazole rings is 1. The first-order chi connectivity index (χ1) is 8.42.